The third kappa shape index (κ3) is 4.10. The number of rotatable bonds is 7. The molecule has 0 aliphatic heterocycles. The molecule has 1 atom stereocenters. The van der Waals surface area contributed by atoms with E-state index < -0.39 is 0 Å². The predicted octanol–water partition coefficient (Wildman–Crippen LogP) is 4.66. The normalized spacial score (nSPS) is 17.7. The van der Waals surface area contributed by atoms with E-state index in [-0.39, 0.29) is 20.4 Å². The second-order valence-electron chi connectivity index (χ2n) is 7.76. The number of ether oxygens (including phenoxy) is 1. The zero-order valence-corrected chi connectivity index (χ0v) is 21.3. The molecule has 4 aromatic rings. The molecule has 0 bridgehead atoms. The van der Waals surface area contributed by atoms with Gasteiger partial charge in [-0.1, -0.05) is 0 Å². The van der Waals surface area contributed by atoms with Gasteiger partial charge in [0.1, 0.15) is 0 Å². The summed E-state index contributed by atoms with van der Waals surface area (Å²) in [6, 6.07) is 41.8. The van der Waals surface area contributed by atoms with E-state index in [1.165, 1.54) is 20.1 Å². The molecular weight excluding hydrogens is 522 g/mol. The van der Waals surface area contributed by atoms with Gasteiger partial charge in [-0.15, -0.1) is 0 Å². The van der Waals surface area contributed by atoms with Gasteiger partial charge in [-0.25, -0.2) is 0 Å². The van der Waals surface area contributed by atoms with E-state index in [2.05, 4.69) is 115 Å². The number of hydrogen-bond donors (Lipinski definition) is 0. The van der Waals surface area contributed by atoms with Gasteiger partial charge in [0.25, 0.3) is 0 Å². The van der Waals surface area contributed by atoms with E-state index in [9.17, 15) is 0 Å². The summed E-state index contributed by atoms with van der Waals surface area (Å²) in [5.41, 5.74) is 2.70. The van der Waals surface area contributed by atoms with Gasteiger partial charge in [0.05, 0.1) is 0 Å². The Hall–Kier alpha value is -2.54. The monoisotopic (exact) mass is 548 g/mol. The molecule has 0 saturated heterocycles. The first-order valence-electron chi connectivity index (χ1n) is 10.7. The molecule has 0 amide bonds. The summed E-state index contributed by atoms with van der Waals surface area (Å²) in [5, 5.41) is 0. The van der Waals surface area contributed by atoms with Crippen LogP contribution in [-0.2, 0) is 5.41 Å². The van der Waals surface area contributed by atoms with Crippen LogP contribution in [0.4, 0.5) is 0 Å². The summed E-state index contributed by atoms with van der Waals surface area (Å²) in [7, 11) is 1.73. The van der Waals surface area contributed by atoms with E-state index in [1.54, 1.807) is 16.1 Å². The van der Waals surface area contributed by atoms with Crippen molar-refractivity contribution in [1.82, 2.24) is 0 Å². The number of hydrogen-bond acceptors (Lipinski definition) is 1. The van der Waals surface area contributed by atoms with E-state index >= 15 is 0 Å². The maximum atomic E-state index is 5.46. The van der Waals surface area contributed by atoms with Crippen molar-refractivity contribution in [3.63, 3.8) is 0 Å². The van der Waals surface area contributed by atoms with Gasteiger partial charge in [-0.3, -0.25) is 0 Å². The first-order chi connectivity index (χ1) is 15.8. The van der Waals surface area contributed by atoms with Crippen LogP contribution in [0.3, 0.4) is 0 Å². The Kier molecular flexibility index (Phi) is 6.34. The van der Waals surface area contributed by atoms with Crippen LogP contribution < -0.4 is 13.7 Å². The SMILES string of the molecule is COc1ccc(C2(c3ccccc3)CC([Se]c3ccccc3)=C2[Se]c2ccccc2)cc1. The summed E-state index contributed by atoms with van der Waals surface area (Å²) in [6.07, 6.45) is 1.09. The molecule has 1 aliphatic rings. The van der Waals surface area contributed by atoms with Crippen LogP contribution in [0.1, 0.15) is 17.5 Å². The average molecular weight is 546 g/mol. The van der Waals surface area contributed by atoms with Crippen LogP contribution in [-0.4, -0.2) is 37.0 Å². The molecule has 158 valence electrons. The standard InChI is InChI=1S/C29H24OSe2/c1-30-24-19-17-23(18-20-24)29(22-11-5-2-6-12-22)21-27(31-25-13-7-3-8-14-25)28(29)32-26-15-9-4-10-16-26/h2-20H,21H2,1H3. The van der Waals surface area contributed by atoms with Crippen molar-refractivity contribution in [2.24, 2.45) is 0 Å². The molecule has 1 unspecified atom stereocenters. The van der Waals surface area contributed by atoms with Crippen LogP contribution >= 0.6 is 0 Å². The molecule has 0 saturated carbocycles. The van der Waals surface area contributed by atoms with Gasteiger partial charge in [0, 0.05) is 0 Å². The van der Waals surface area contributed by atoms with Gasteiger partial charge in [-0.05, 0) is 0 Å². The fraction of sp³-hybridized carbons (Fsp3) is 0.103. The van der Waals surface area contributed by atoms with E-state index in [0.717, 1.165) is 12.2 Å². The van der Waals surface area contributed by atoms with Crippen LogP contribution in [0.5, 0.6) is 5.75 Å². The third-order valence-electron chi connectivity index (χ3n) is 5.86. The Balaban J connectivity index is 1.65. The van der Waals surface area contributed by atoms with Gasteiger partial charge >= 0.3 is 204 Å². The molecular formula is C29H24OSe2. The van der Waals surface area contributed by atoms with Crippen molar-refractivity contribution in [2.75, 3.05) is 7.11 Å². The van der Waals surface area contributed by atoms with Gasteiger partial charge in [0.2, 0.25) is 0 Å². The average Bonchev–Trinajstić information content (AvgIpc) is 2.87. The molecule has 5 rings (SSSR count). The maximum absolute atomic E-state index is 5.46. The number of methoxy groups -OCH3 is 1. The van der Waals surface area contributed by atoms with Crippen molar-refractivity contribution in [2.45, 2.75) is 11.8 Å². The van der Waals surface area contributed by atoms with Crippen LogP contribution in [0.2, 0.25) is 0 Å². The minimum absolute atomic E-state index is 0.0603. The third-order valence-corrected chi connectivity index (χ3v) is 11.6. The van der Waals surface area contributed by atoms with Gasteiger partial charge in [-0.2, -0.15) is 0 Å². The molecule has 3 heteroatoms. The van der Waals surface area contributed by atoms with Crippen LogP contribution in [0.15, 0.2) is 124 Å². The second-order valence-corrected chi connectivity index (χ2v) is 12.5. The van der Waals surface area contributed by atoms with Gasteiger partial charge < -0.3 is 0 Å². The van der Waals surface area contributed by atoms with E-state index in [4.69, 9.17) is 4.74 Å². The van der Waals surface area contributed by atoms with E-state index in [0.29, 0.717) is 15.0 Å². The predicted molar refractivity (Wildman–Crippen MR) is 136 cm³/mol. The summed E-state index contributed by atoms with van der Waals surface area (Å²) >= 11 is 0.610. The Labute approximate surface area is 202 Å². The Morgan fingerprint density at radius 3 is 1.66 bits per heavy atom. The molecule has 1 nitrogen and oxygen atoms in total. The molecule has 0 radical (unpaired) electrons. The van der Waals surface area contributed by atoms with Gasteiger partial charge in [0.15, 0.2) is 0 Å². The minimum atomic E-state index is -0.0603. The molecule has 1 aliphatic carbocycles. The van der Waals surface area contributed by atoms with Crippen molar-refractivity contribution in [3.8, 4) is 5.75 Å². The number of benzene rings is 4. The van der Waals surface area contributed by atoms with E-state index in [1.807, 2.05) is 0 Å². The van der Waals surface area contributed by atoms with Crippen LogP contribution in [0.25, 0.3) is 0 Å². The topological polar surface area (TPSA) is 9.23 Å². The molecule has 0 N–H and O–H groups in total. The summed E-state index contributed by atoms with van der Waals surface area (Å²) in [6.45, 7) is 0. The van der Waals surface area contributed by atoms with Crippen molar-refractivity contribution in [3.05, 3.63) is 135 Å². The Bertz CT molecular complexity index is 1200. The second kappa shape index (κ2) is 9.53. The Morgan fingerprint density at radius 1 is 0.594 bits per heavy atom. The Morgan fingerprint density at radius 2 is 1.09 bits per heavy atom. The molecule has 0 aromatic heterocycles. The first kappa shape index (κ1) is 21.3. The molecule has 0 spiro atoms. The molecule has 4 aromatic carbocycles. The van der Waals surface area contributed by atoms with Crippen molar-refractivity contribution >= 4 is 38.8 Å². The van der Waals surface area contributed by atoms with Crippen molar-refractivity contribution in [1.29, 1.82) is 0 Å². The van der Waals surface area contributed by atoms with Crippen molar-refractivity contribution < 1.29 is 4.74 Å². The zero-order valence-electron chi connectivity index (χ0n) is 17.9. The summed E-state index contributed by atoms with van der Waals surface area (Å²) in [4.78, 5) is 0. The fourth-order valence-corrected chi connectivity index (χ4v) is 10.0. The zero-order chi connectivity index (χ0) is 21.8. The summed E-state index contributed by atoms with van der Waals surface area (Å²) < 4.78 is 11.6. The first-order valence-corrected chi connectivity index (χ1v) is 14.1. The molecule has 0 fully saturated rings. The fourth-order valence-electron chi connectivity index (χ4n) is 4.23. The van der Waals surface area contributed by atoms with Crippen LogP contribution in [0, 0.1) is 0 Å². The molecule has 32 heavy (non-hydrogen) atoms. The molecule has 0 heterocycles. The summed E-state index contributed by atoms with van der Waals surface area (Å²) in [5.74, 6) is 0.907. The quantitative estimate of drug-likeness (QED) is 0.307. The number of allylic oxidation sites excluding steroid dienone is 2.